The zero-order valence-electron chi connectivity index (χ0n) is 18.4. The lowest BCUT2D eigenvalue weighted by Gasteiger charge is -2.14. The van der Waals surface area contributed by atoms with Crippen LogP contribution < -0.4 is 15.0 Å². The second kappa shape index (κ2) is 9.52. The SMILES string of the molecule is COc1ccc(-c2nc3ccccc3c(=O)n2CCCOc2ccc(C)cc2[N+](=O)[O-])cc1. The highest BCUT2D eigenvalue weighted by atomic mass is 16.6. The van der Waals surface area contributed by atoms with Gasteiger partial charge in [-0.15, -0.1) is 0 Å². The van der Waals surface area contributed by atoms with Crippen LogP contribution in [0.4, 0.5) is 5.69 Å². The summed E-state index contributed by atoms with van der Waals surface area (Å²) in [5.41, 5.74) is 1.98. The van der Waals surface area contributed by atoms with Gasteiger partial charge in [0.2, 0.25) is 0 Å². The molecule has 0 saturated carbocycles. The van der Waals surface area contributed by atoms with Gasteiger partial charge in [-0.2, -0.15) is 0 Å². The fourth-order valence-corrected chi connectivity index (χ4v) is 3.63. The van der Waals surface area contributed by atoms with Crippen LogP contribution in [-0.2, 0) is 6.54 Å². The van der Waals surface area contributed by atoms with Gasteiger partial charge in [0.25, 0.3) is 5.56 Å². The number of benzene rings is 3. The van der Waals surface area contributed by atoms with E-state index in [1.807, 2.05) is 42.5 Å². The van der Waals surface area contributed by atoms with Crippen molar-refractivity contribution in [1.29, 1.82) is 0 Å². The maximum absolute atomic E-state index is 13.3. The molecule has 0 aliphatic carbocycles. The average Bonchev–Trinajstić information content (AvgIpc) is 2.83. The van der Waals surface area contributed by atoms with Crippen molar-refractivity contribution in [3.8, 4) is 22.9 Å². The number of hydrogen-bond donors (Lipinski definition) is 0. The van der Waals surface area contributed by atoms with Crippen LogP contribution in [0.2, 0.25) is 0 Å². The molecule has 0 N–H and O–H groups in total. The summed E-state index contributed by atoms with van der Waals surface area (Å²) in [5.74, 6) is 1.47. The van der Waals surface area contributed by atoms with Gasteiger partial charge in [0, 0.05) is 18.2 Å². The highest BCUT2D eigenvalue weighted by Crippen LogP contribution is 2.28. The zero-order chi connectivity index (χ0) is 23.4. The van der Waals surface area contributed by atoms with Gasteiger partial charge in [-0.05, 0) is 61.4 Å². The molecule has 1 aromatic heterocycles. The number of nitro groups is 1. The molecule has 0 aliphatic rings. The highest BCUT2D eigenvalue weighted by molar-refractivity contribution is 5.79. The fourth-order valence-electron chi connectivity index (χ4n) is 3.63. The first kappa shape index (κ1) is 22.0. The first-order chi connectivity index (χ1) is 16.0. The van der Waals surface area contributed by atoms with Crippen molar-refractivity contribution in [1.82, 2.24) is 9.55 Å². The van der Waals surface area contributed by atoms with Gasteiger partial charge in [0.15, 0.2) is 5.75 Å². The van der Waals surface area contributed by atoms with Crippen LogP contribution >= 0.6 is 0 Å². The number of hydrogen-bond acceptors (Lipinski definition) is 6. The number of aryl methyl sites for hydroxylation is 1. The number of rotatable bonds is 8. The Morgan fingerprint density at radius 3 is 2.55 bits per heavy atom. The van der Waals surface area contributed by atoms with E-state index >= 15 is 0 Å². The van der Waals surface area contributed by atoms with E-state index < -0.39 is 4.92 Å². The predicted molar refractivity (Wildman–Crippen MR) is 126 cm³/mol. The third-order valence-electron chi connectivity index (χ3n) is 5.30. The first-order valence-corrected chi connectivity index (χ1v) is 10.5. The fraction of sp³-hybridized carbons (Fsp3) is 0.200. The van der Waals surface area contributed by atoms with Gasteiger partial charge >= 0.3 is 5.69 Å². The van der Waals surface area contributed by atoms with E-state index in [0.29, 0.717) is 35.4 Å². The molecule has 8 nitrogen and oxygen atoms in total. The van der Waals surface area contributed by atoms with E-state index in [-0.39, 0.29) is 23.6 Å². The molecular weight excluding hydrogens is 422 g/mol. The maximum Gasteiger partial charge on any atom is 0.311 e. The van der Waals surface area contributed by atoms with E-state index in [2.05, 4.69) is 0 Å². The van der Waals surface area contributed by atoms with Crippen LogP contribution in [0.15, 0.2) is 71.5 Å². The Kier molecular flexibility index (Phi) is 6.35. The molecule has 8 heteroatoms. The number of methoxy groups -OCH3 is 1. The summed E-state index contributed by atoms with van der Waals surface area (Å²) in [6.45, 7) is 2.35. The highest BCUT2D eigenvalue weighted by Gasteiger charge is 2.16. The van der Waals surface area contributed by atoms with Crippen LogP contribution in [0.5, 0.6) is 11.5 Å². The van der Waals surface area contributed by atoms with Crippen molar-refractivity contribution >= 4 is 16.6 Å². The summed E-state index contributed by atoms with van der Waals surface area (Å²) in [6.07, 6.45) is 0.466. The van der Waals surface area contributed by atoms with Crippen LogP contribution in [-0.4, -0.2) is 28.2 Å². The maximum atomic E-state index is 13.3. The topological polar surface area (TPSA) is 96.5 Å². The van der Waals surface area contributed by atoms with Crippen molar-refractivity contribution in [3.05, 3.63) is 92.8 Å². The molecule has 0 unspecified atom stereocenters. The number of nitrogens with zero attached hydrogens (tertiary/aromatic N) is 3. The number of fused-ring (bicyclic) bond motifs is 1. The Morgan fingerprint density at radius 2 is 1.82 bits per heavy atom. The Bertz CT molecular complexity index is 1360. The number of aromatic nitrogens is 2. The average molecular weight is 445 g/mol. The minimum absolute atomic E-state index is 0.0709. The lowest BCUT2D eigenvalue weighted by atomic mass is 10.1. The van der Waals surface area contributed by atoms with Gasteiger partial charge in [-0.25, -0.2) is 4.98 Å². The monoisotopic (exact) mass is 445 g/mol. The molecule has 33 heavy (non-hydrogen) atoms. The number of nitro benzene ring substituents is 1. The Morgan fingerprint density at radius 1 is 1.06 bits per heavy atom. The van der Waals surface area contributed by atoms with Crippen molar-refractivity contribution < 1.29 is 14.4 Å². The van der Waals surface area contributed by atoms with Gasteiger partial charge < -0.3 is 9.47 Å². The molecule has 0 aliphatic heterocycles. The standard InChI is InChI=1S/C25H23N3O5/c1-17-8-13-23(22(16-17)28(30)31)33-15-5-14-27-24(18-9-11-19(32-2)12-10-18)26-21-7-4-3-6-20(21)25(27)29/h3-4,6-13,16H,5,14-15H2,1-2H3. The van der Waals surface area contributed by atoms with Crippen molar-refractivity contribution in [2.45, 2.75) is 19.9 Å². The lowest BCUT2D eigenvalue weighted by molar-refractivity contribution is -0.385. The Balaban J connectivity index is 1.61. The largest absolute Gasteiger partial charge is 0.497 e. The summed E-state index contributed by atoms with van der Waals surface area (Å²) in [5, 5.41) is 11.8. The summed E-state index contributed by atoms with van der Waals surface area (Å²) in [7, 11) is 1.59. The molecule has 168 valence electrons. The first-order valence-electron chi connectivity index (χ1n) is 10.5. The Hall–Kier alpha value is -4.20. The van der Waals surface area contributed by atoms with E-state index in [1.165, 1.54) is 6.07 Å². The van der Waals surface area contributed by atoms with Gasteiger partial charge in [-0.3, -0.25) is 19.5 Å². The second-order valence-corrected chi connectivity index (χ2v) is 7.57. The summed E-state index contributed by atoms with van der Waals surface area (Å²) < 4.78 is 12.5. The molecule has 0 fully saturated rings. The molecule has 0 saturated heterocycles. The third kappa shape index (κ3) is 4.69. The molecule has 0 atom stereocenters. The zero-order valence-corrected chi connectivity index (χ0v) is 18.4. The summed E-state index contributed by atoms with van der Waals surface area (Å²) >= 11 is 0. The molecular formula is C25H23N3O5. The normalized spacial score (nSPS) is 10.8. The van der Waals surface area contributed by atoms with Crippen LogP contribution in [0.25, 0.3) is 22.3 Å². The molecule has 0 radical (unpaired) electrons. The van der Waals surface area contributed by atoms with E-state index in [4.69, 9.17) is 14.5 Å². The molecule has 1 heterocycles. The van der Waals surface area contributed by atoms with Crippen LogP contribution in [0.3, 0.4) is 0 Å². The molecule has 0 bridgehead atoms. The smallest absolute Gasteiger partial charge is 0.311 e. The molecule has 0 amide bonds. The molecule has 3 aromatic carbocycles. The summed E-state index contributed by atoms with van der Waals surface area (Å²) in [4.78, 5) is 28.8. The second-order valence-electron chi connectivity index (χ2n) is 7.57. The lowest BCUT2D eigenvalue weighted by Crippen LogP contribution is -2.24. The van der Waals surface area contributed by atoms with Crippen molar-refractivity contribution in [2.24, 2.45) is 0 Å². The molecule has 0 spiro atoms. The molecule has 4 aromatic rings. The van der Waals surface area contributed by atoms with E-state index in [9.17, 15) is 14.9 Å². The van der Waals surface area contributed by atoms with Gasteiger partial charge in [0.05, 0.1) is 29.5 Å². The van der Waals surface area contributed by atoms with E-state index in [1.54, 1.807) is 36.8 Å². The van der Waals surface area contributed by atoms with Gasteiger partial charge in [0.1, 0.15) is 11.6 Å². The van der Waals surface area contributed by atoms with Crippen molar-refractivity contribution in [2.75, 3.05) is 13.7 Å². The van der Waals surface area contributed by atoms with Gasteiger partial charge in [-0.1, -0.05) is 18.2 Å². The Labute approximate surface area is 190 Å². The predicted octanol–water partition coefficient (Wildman–Crippen LogP) is 4.76. The van der Waals surface area contributed by atoms with Crippen LogP contribution in [0.1, 0.15) is 12.0 Å². The number of para-hydroxylation sites is 1. The van der Waals surface area contributed by atoms with E-state index in [0.717, 1.165) is 11.1 Å². The quantitative estimate of drug-likeness (QED) is 0.220. The summed E-state index contributed by atoms with van der Waals surface area (Å²) in [6, 6.07) is 19.4. The number of ether oxygens (including phenoxy) is 2. The minimum atomic E-state index is -0.456. The van der Waals surface area contributed by atoms with Crippen LogP contribution in [0, 0.1) is 17.0 Å². The third-order valence-corrected chi connectivity index (χ3v) is 5.30. The van der Waals surface area contributed by atoms with Crippen molar-refractivity contribution in [3.63, 3.8) is 0 Å². The minimum Gasteiger partial charge on any atom is -0.497 e. The molecule has 4 rings (SSSR count).